The van der Waals surface area contributed by atoms with E-state index in [0.29, 0.717) is 25.3 Å². The van der Waals surface area contributed by atoms with Crippen molar-refractivity contribution in [1.29, 1.82) is 0 Å². The lowest BCUT2D eigenvalue weighted by molar-refractivity contribution is -0.183. The van der Waals surface area contributed by atoms with Crippen LogP contribution in [0, 0.1) is 5.92 Å². The monoisotopic (exact) mass is 549 g/mol. The molecule has 2 unspecified atom stereocenters. The van der Waals surface area contributed by atoms with Gasteiger partial charge in [-0.25, -0.2) is 0 Å². The van der Waals surface area contributed by atoms with Crippen LogP contribution in [-0.2, 0) is 6.54 Å². The first-order valence-corrected chi connectivity index (χ1v) is 8.99. The maximum atomic E-state index is 12.9. The topological polar surface area (TPSA) is 45.7 Å². The summed E-state index contributed by atoms with van der Waals surface area (Å²) < 4.78 is 45.0. The standard InChI is InChI=1S/C17H23BrF3N3O.HI/c1-22-16(23-10-11-8-13(18)6-7-15(11)25-2)24-14-5-3-4-12(9-14)17(19,20)21;/h6-8,12,14H,3-5,9-10H2,1-2H3,(H2,22,23,24);1H. The molecule has 0 amide bonds. The molecule has 0 saturated heterocycles. The molecule has 0 radical (unpaired) electrons. The molecular weight excluding hydrogens is 526 g/mol. The minimum absolute atomic E-state index is 0. The fraction of sp³-hybridized carbons (Fsp3) is 0.588. The van der Waals surface area contributed by atoms with Gasteiger partial charge in [0.05, 0.1) is 13.0 Å². The zero-order chi connectivity index (χ0) is 18.4. The molecule has 1 aromatic rings. The molecule has 1 fully saturated rings. The van der Waals surface area contributed by atoms with Crippen molar-refractivity contribution in [2.24, 2.45) is 10.9 Å². The van der Waals surface area contributed by atoms with E-state index in [4.69, 9.17) is 4.74 Å². The second kappa shape index (κ2) is 10.6. The number of benzene rings is 1. The van der Waals surface area contributed by atoms with Gasteiger partial charge >= 0.3 is 6.18 Å². The SMILES string of the molecule is CN=C(NCc1cc(Br)ccc1OC)NC1CCCC(C(F)(F)F)C1.I. The Morgan fingerprint density at radius 1 is 1.35 bits per heavy atom. The van der Waals surface area contributed by atoms with E-state index >= 15 is 0 Å². The number of hydrogen-bond donors (Lipinski definition) is 2. The molecule has 1 saturated carbocycles. The highest BCUT2D eigenvalue weighted by Gasteiger charge is 2.42. The van der Waals surface area contributed by atoms with Crippen LogP contribution in [0.3, 0.4) is 0 Å². The van der Waals surface area contributed by atoms with Crippen molar-refractivity contribution in [1.82, 2.24) is 10.6 Å². The van der Waals surface area contributed by atoms with Gasteiger partial charge in [0.1, 0.15) is 5.75 Å². The second-order valence-electron chi connectivity index (χ2n) is 6.13. The van der Waals surface area contributed by atoms with Crippen LogP contribution in [0.1, 0.15) is 31.2 Å². The van der Waals surface area contributed by atoms with Gasteiger partial charge in [0.25, 0.3) is 0 Å². The van der Waals surface area contributed by atoms with Crippen LogP contribution in [0.5, 0.6) is 5.75 Å². The van der Waals surface area contributed by atoms with Crippen molar-refractivity contribution in [3.63, 3.8) is 0 Å². The lowest BCUT2D eigenvalue weighted by Crippen LogP contribution is -2.46. The Bertz CT molecular complexity index is 613. The average Bonchev–Trinajstić information content (AvgIpc) is 2.58. The normalized spacial score (nSPS) is 20.9. The zero-order valence-corrected chi connectivity index (χ0v) is 18.6. The van der Waals surface area contributed by atoms with E-state index in [1.165, 1.54) is 0 Å². The van der Waals surface area contributed by atoms with E-state index < -0.39 is 12.1 Å². The number of methoxy groups -OCH3 is 1. The first-order chi connectivity index (χ1) is 11.8. The van der Waals surface area contributed by atoms with E-state index in [-0.39, 0.29) is 42.9 Å². The summed E-state index contributed by atoms with van der Waals surface area (Å²) in [5.41, 5.74) is 0.927. The quantitative estimate of drug-likeness (QED) is 0.320. The first kappa shape index (κ1) is 23.3. The highest BCUT2D eigenvalue weighted by Crippen LogP contribution is 2.37. The van der Waals surface area contributed by atoms with Crippen LogP contribution in [-0.4, -0.2) is 32.3 Å². The van der Waals surface area contributed by atoms with Gasteiger partial charge in [0, 0.05) is 29.7 Å². The number of hydrogen-bond acceptors (Lipinski definition) is 2. The van der Waals surface area contributed by atoms with Gasteiger partial charge in [-0.3, -0.25) is 4.99 Å². The second-order valence-corrected chi connectivity index (χ2v) is 7.04. The molecule has 148 valence electrons. The molecule has 0 aromatic heterocycles. The Balaban J connectivity index is 0.00000338. The molecule has 1 aromatic carbocycles. The van der Waals surface area contributed by atoms with Gasteiger partial charge in [-0.2, -0.15) is 13.2 Å². The number of rotatable bonds is 4. The molecule has 0 spiro atoms. The molecular formula is C17H24BrF3IN3O. The maximum Gasteiger partial charge on any atom is 0.391 e. The Labute approximate surface area is 177 Å². The molecule has 4 nitrogen and oxygen atoms in total. The number of nitrogens with zero attached hydrogens (tertiary/aromatic N) is 1. The van der Waals surface area contributed by atoms with Crippen molar-refractivity contribution in [3.05, 3.63) is 28.2 Å². The van der Waals surface area contributed by atoms with Crippen LogP contribution in [0.4, 0.5) is 13.2 Å². The number of aliphatic imine (C=N–C) groups is 1. The molecule has 9 heteroatoms. The lowest BCUT2D eigenvalue weighted by atomic mass is 9.85. The highest BCUT2D eigenvalue weighted by molar-refractivity contribution is 14.0. The van der Waals surface area contributed by atoms with Crippen LogP contribution in [0.2, 0.25) is 0 Å². The molecule has 0 aliphatic heterocycles. The van der Waals surface area contributed by atoms with Crippen molar-refractivity contribution < 1.29 is 17.9 Å². The summed E-state index contributed by atoms with van der Waals surface area (Å²) in [6, 6.07) is 5.44. The van der Waals surface area contributed by atoms with Gasteiger partial charge in [0.2, 0.25) is 0 Å². The summed E-state index contributed by atoms with van der Waals surface area (Å²) in [6.45, 7) is 0.456. The number of alkyl halides is 3. The van der Waals surface area contributed by atoms with Gasteiger partial charge in [-0.1, -0.05) is 22.4 Å². The fourth-order valence-electron chi connectivity index (χ4n) is 3.07. The third-order valence-corrected chi connectivity index (χ3v) is 4.88. The van der Waals surface area contributed by atoms with E-state index in [2.05, 4.69) is 31.6 Å². The third-order valence-electron chi connectivity index (χ3n) is 4.39. The Hall–Kier alpha value is -0.710. The molecule has 2 rings (SSSR count). The van der Waals surface area contributed by atoms with Crippen LogP contribution in [0.25, 0.3) is 0 Å². The van der Waals surface area contributed by atoms with Crippen LogP contribution < -0.4 is 15.4 Å². The maximum absolute atomic E-state index is 12.9. The molecule has 2 N–H and O–H groups in total. The fourth-order valence-corrected chi connectivity index (χ4v) is 3.48. The number of ether oxygens (including phenoxy) is 1. The van der Waals surface area contributed by atoms with Crippen molar-refractivity contribution in [3.8, 4) is 5.75 Å². The van der Waals surface area contributed by atoms with Gasteiger partial charge in [0.15, 0.2) is 5.96 Å². The number of guanidine groups is 1. The van der Waals surface area contributed by atoms with Crippen molar-refractivity contribution in [2.45, 2.75) is 44.4 Å². The van der Waals surface area contributed by atoms with E-state index in [0.717, 1.165) is 15.8 Å². The Morgan fingerprint density at radius 2 is 2.08 bits per heavy atom. The smallest absolute Gasteiger partial charge is 0.391 e. The largest absolute Gasteiger partial charge is 0.496 e. The summed E-state index contributed by atoms with van der Waals surface area (Å²) in [7, 11) is 3.21. The minimum Gasteiger partial charge on any atom is -0.496 e. The van der Waals surface area contributed by atoms with E-state index in [9.17, 15) is 13.2 Å². The number of nitrogens with one attached hydrogen (secondary N) is 2. The molecule has 2 atom stereocenters. The van der Waals surface area contributed by atoms with Crippen LogP contribution in [0.15, 0.2) is 27.7 Å². The summed E-state index contributed by atoms with van der Waals surface area (Å²) in [4.78, 5) is 4.12. The van der Waals surface area contributed by atoms with Crippen molar-refractivity contribution in [2.75, 3.05) is 14.2 Å². The summed E-state index contributed by atoms with van der Waals surface area (Å²) in [5, 5.41) is 6.26. The summed E-state index contributed by atoms with van der Waals surface area (Å²) in [6.07, 6.45) is -2.54. The average molecular weight is 550 g/mol. The van der Waals surface area contributed by atoms with Gasteiger partial charge in [-0.05, 0) is 37.5 Å². The lowest BCUT2D eigenvalue weighted by Gasteiger charge is -2.32. The van der Waals surface area contributed by atoms with Crippen LogP contribution >= 0.6 is 39.9 Å². The summed E-state index contributed by atoms with van der Waals surface area (Å²) >= 11 is 3.42. The molecule has 0 bridgehead atoms. The molecule has 0 heterocycles. The van der Waals surface area contributed by atoms with Crippen molar-refractivity contribution >= 4 is 45.9 Å². The highest BCUT2D eigenvalue weighted by atomic mass is 127. The predicted octanol–water partition coefficient (Wildman–Crippen LogP) is 4.86. The molecule has 1 aliphatic carbocycles. The third kappa shape index (κ3) is 6.79. The van der Waals surface area contributed by atoms with E-state index in [1.54, 1.807) is 14.2 Å². The van der Waals surface area contributed by atoms with Gasteiger partial charge in [-0.15, -0.1) is 24.0 Å². The minimum atomic E-state index is -4.12. The van der Waals surface area contributed by atoms with E-state index in [1.807, 2.05) is 18.2 Å². The number of halogens is 5. The predicted molar refractivity (Wildman–Crippen MR) is 111 cm³/mol. The zero-order valence-electron chi connectivity index (χ0n) is 14.7. The van der Waals surface area contributed by atoms with Gasteiger partial charge < -0.3 is 15.4 Å². The Morgan fingerprint density at radius 3 is 2.69 bits per heavy atom. The summed E-state index contributed by atoms with van der Waals surface area (Å²) in [5.74, 6) is -0.00200. The molecule has 26 heavy (non-hydrogen) atoms. The first-order valence-electron chi connectivity index (χ1n) is 8.19. The Kier molecular flexibility index (Phi) is 9.49. The molecule has 1 aliphatic rings.